The summed E-state index contributed by atoms with van der Waals surface area (Å²) < 4.78 is 0. The maximum absolute atomic E-state index is 10.6. The number of amides is 1. The highest BCUT2D eigenvalue weighted by molar-refractivity contribution is 5.98. The predicted octanol–water partition coefficient (Wildman–Crippen LogP) is -0.0501. The molecule has 0 bridgehead atoms. The third-order valence-electron chi connectivity index (χ3n) is 1.34. The van der Waals surface area contributed by atoms with E-state index in [0.717, 1.165) is 0 Å². The van der Waals surface area contributed by atoms with Gasteiger partial charge < -0.3 is 17.2 Å². The molecule has 4 heteroatoms. The number of hydrogen-bond donors (Lipinski definition) is 3. The lowest BCUT2D eigenvalue weighted by Crippen LogP contribution is -2.13. The average Bonchev–Trinajstić information content (AvgIpc) is 1.85. The first-order chi connectivity index (χ1) is 5.11. The SMILES string of the molecule is NC(=O)c1ccc(N)cc1N. The maximum atomic E-state index is 10.6. The highest BCUT2D eigenvalue weighted by Gasteiger charge is 2.03. The number of rotatable bonds is 1. The Morgan fingerprint density at radius 3 is 2.36 bits per heavy atom. The van der Waals surface area contributed by atoms with Crippen LogP contribution in [0.3, 0.4) is 0 Å². The first kappa shape index (κ1) is 7.40. The molecule has 0 heterocycles. The van der Waals surface area contributed by atoms with Gasteiger partial charge in [0.25, 0.3) is 5.91 Å². The lowest BCUT2D eigenvalue weighted by molar-refractivity contribution is 0.100. The van der Waals surface area contributed by atoms with E-state index in [1.54, 1.807) is 6.07 Å². The molecule has 0 saturated heterocycles. The van der Waals surface area contributed by atoms with Crippen molar-refractivity contribution >= 4 is 17.3 Å². The molecule has 0 aliphatic carbocycles. The smallest absolute Gasteiger partial charge is 0.250 e. The molecule has 0 atom stereocenters. The third-order valence-corrected chi connectivity index (χ3v) is 1.34. The zero-order chi connectivity index (χ0) is 8.43. The normalized spacial score (nSPS) is 9.45. The number of hydrogen-bond acceptors (Lipinski definition) is 3. The summed E-state index contributed by atoms with van der Waals surface area (Å²) in [6.45, 7) is 0. The molecule has 1 rings (SSSR count). The Morgan fingerprint density at radius 1 is 1.27 bits per heavy atom. The molecule has 1 aromatic rings. The summed E-state index contributed by atoms with van der Waals surface area (Å²) in [5, 5.41) is 0. The molecule has 0 aromatic heterocycles. The zero-order valence-corrected chi connectivity index (χ0v) is 5.87. The number of anilines is 2. The first-order valence-electron chi connectivity index (χ1n) is 3.06. The molecule has 0 radical (unpaired) electrons. The molecule has 0 aliphatic rings. The van der Waals surface area contributed by atoms with Gasteiger partial charge in [-0.15, -0.1) is 0 Å². The summed E-state index contributed by atoms with van der Waals surface area (Å²) in [6, 6.07) is 4.59. The minimum Gasteiger partial charge on any atom is -0.399 e. The van der Waals surface area contributed by atoms with Crippen LogP contribution in [-0.4, -0.2) is 5.91 Å². The van der Waals surface area contributed by atoms with Gasteiger partial charge in [-0.2, -0.15) is 0 Å². The Labute approximate surface area is 64.0 Å². The van der Waals surface area contributed by atoms with Crippen LogP contribution in [0.2, 0.25) is 0 Å². The van der Waals surface area contributed by atoms with Gasteiger partial charge in [0.2, 0.25) is 0 Å². The Morgan fingerprint density at radius 2 is 1.91 bits per heavy atom. The summed E-state index contributed by atoms with van der Waals surface area (Å²) in [4.78, 5) is 10.6. The largest absolute Gasteiger partial charge is 0.399 e. The highest BCUT2D eigenvalue weighted by atomic mass is 16.1. The van der Waals surface area contributed by atoms with Gasteiger partial charge in [0, 0.05) is 11.4 Å². The van der Waals surface area contributed by atoms with Crippen molar-refractivity contribution in [3.05, 3.63) is 23.8 Å². The summed E-state index contributed by atoms with van der Waals surface area (Å²) in [5.41, 5.74) is 17.0. The van der Waals surface area contributed by atoms with Crippen LogP contribution < -0.4 is 17.2 Å². The van der Waals surface area contributed by atoms with E-state index >= 15 is 0 Å². The second-order valence-electron chi connectivity index (χ2n) is 2.21. The molecule has 0 saturated carbocycles. The van der Waals surface area contributed by atoms with E-state index in [2.05, 4.69) is 0 Å². The van der Waals surface area contributed by atoms with Gasteiger partial charge >= 0.3 is 0 Å². The van der Waals surface area contributed by atoms with Crippen LogP contribution in [0.5, 0.6) is 0 Å². The maximum Gasteiger partial charge on any atom is 0.250 e. The minimum absolute atomic E-state index is 0.305. The molecular weight excluding hydrogens is 142 g/mol. The van der Waals surface area contributed by atoms with Gasteiger partial charge in [0.15, 0.2) is 0 Å². The zero-order valence-electron chi connectivity index (χ0n) is 5.87. The van der Waals surface area contributed by atoms with Crippen LogP contribution in [0.1, 0.15) is 10.4 Å². The summed E-state index contributed by atoms with van der Waals surface area (Å²) in [7, 11) is 0. The molecule has 0 fully saturated rings. The van der Waals surface area contributed by atoms with Crippen molar-refractivity contribution < 1.29 is 4.79 Å². The Balaban J connectivity index is 3.20. The molecule has 11 heavy (non-hydrogen) atoms. The fourth-order valence-corrected chi connectivity index (χ4v) is 0.806. The lowest BCUT2D eigenvalue weighted by atomic mass is 10.1. The molecule has 58 valence electrons. The monoisotopic (exact) mass is 151 g/mol. The average molecular weight is 151 g/mol. The number of benzene rings is 1. The van der Waals surface area contributed by atoms with Crippen LogP contribution in [0.25, 0.3) is 0 Å². The van der Waals surface area contributed by atoms with E-state index in [-0.39, 0.29) is 0 Å². The minimum atomic E-state index is -0.539. The Bertz CT molecular complexity index is 296. The summed E-state index contributed by atoms with van der Waals surface area (Å²) >= 11 is 0. The summed E-state index contributed by atoms with van der Waals surface area (Å²) in [5.74, 6) is -0.539. The Kier molecular flexibility index (Phi) is 1.68. The van der Waals surface area contributed by atoms with E-state index in [1.165, 1.54) is 12.1 Å². The molecule has 4 nitrogen and oxygen atoms in total. The molecular formula is C7H9N3O. The molecule has 6 N–H and O–H groups in total. The number of carbonyl (C=O) groups is 1. The van der Waals surface area contributed by atoms with Gasteiger partial charge in [-0.25, -0.2) is 0 Å². The van der Waals surface area contributed by atoms with E-state index in [9.17, 15) is 4.79 Å². The fraction of sp³-hybridized carbons (Fsp3) is 0. The van der Waals surface area contributed by atoms with Crippen LogP contribution in [0.15, 0.2) is 18.2 Å². The fourth-order valence-electron chi connectivity index (χ4n) is 0.806. The molecule has 0 aliphatic heterocycles. The van der Waals surface area contributed by atoms with Crippen molar-refractivity contribution in [2.45, 2.75) is 0 Å². The first-order valence-corrected chi connectivity index (χ1v) is 3.06. The number of nitrogen functional groups attached to an aromatic ring is 2. The van der Waals surface area contributed by atoms with Crippen LogP contribution in [0, 0.1) is 0 Å². The lowest BCUT2D eigenvalue weighted by Gasteiger charge is -2.00. The second-order valence-corrected chi connectivity index (χ2v) is 2.21. The third kappa shape index (κ3) is 1.40. The van der Waals surface area contributed by atoms with Crippen LogP contribution >= 0.6 is 0 Å². The standard InChI is InChI=1S/C7H9N3O/c8-4-1-2-5(7(10)11)6(9)3-4/h1-3H,8-9H2,(H2,10,11). The van der Waals surface area contributed by atoms with Crippen LogP contribution in [-0.2, 0) is 0 Å². The van der Waals surface area contributed by atoms with E-state index < -0.39 is 5.91 Å². The van der Waals surface area contributed by atoms with Gasteiger partial charge in [0.1, 0.15) is 0 Å². The number of primary amides is 1. The van der Waals surface area contributed by atoms with E-state index in [1.807, 2.05) is 0 Å². The predicted molar refractivity (Wildman–Crippen MR) is 43.8 cm³/mol. The Hall–Kier alpha value is -1.71. The van der Waals surface area contributed by atoms with E-state index in [0.29, 0.717) is 16.9 Å². The van der Waals surface area contributed by atoms with Crippen molar-refractivity contribution in [3.63, 3.8) is 0 Å². The van der Waals surface area contributed by atoms with Crippen molar-refractivity contribution in [3.8, 4) is 0 Å². The molecule has 1 aromatic carbocycles. The highest BCUT2D eigenvalue weighted by Crippen LogP contribution is 2.14. The van der Waals surface area contributed by atoms with Gasteiger partial charge in [-0.3, -0.25) is 4.79 Å². The van der Waals surface area contributed by atoms with E-state index in [4.69, 9.17) is 17.2 Å². The van der Waals surface area contributed by atoms with Crippen molar-refractivity contribution in [2.24, 2.45) is 5.73 Å². The second kappa shape index (κ2) is 2.49. The van der Waals surface area contributed by atoms with Crippen LogP contribution in [0.4, 0.5) is 11.4 Å². The summed E-state index contributed by atoms with van der Waals surface area (Å²) in [6.07, 6.45) is 0. The van der Waals surface area contributed by atoms with Gasteiger partial charge in [0.05, 0.1) is 5.56 Å². The van der Waals surface area contributed by atoms with Gasteiger partial charge in [-0.05, 0) is 18.2 Å². The number of carbonyl (C=O) groups excluding carboxylic acids is 1. The van der Waals surface area contributed by atoms with Gasteiger partial charge in [-0.1, -0.05) is 0 Å². The van der Waals surface area contributed by atoms with Crippen molar-refractivity contribution in [1.82, 2.24) is 0 Å². The molecule has 1 amide bonds. The van der Waals surface area contributed by atoms with Crippen molar-refractivity contribution in [2.75, 3.05) is 11.5 Å². The number of nitrogens with two attached hydrogens (primary N) is 3. The molecule has 0 spiro atoms. The quantitative estimate of drug-likeness (QED) is 0.491. The van der Waals surface area contributed by atoms with Crippen molar-refractivity contribution in [1.29, 1.82) is 0 Å². The molecule has 0 unspecified atom stereocenters. The topological polar surface area (TPSA) is 95.1 Å².